The highest BCUT2D eigenvalue weighted by Crippen LogP contribution is 2.33. The fourth-order valence-corrected chi connectivity index (χ4v) is 2.67. The third-order valence-corrected chi connectivity index (χ3v) is 4.04. The van der Waals surface area contributed by atoms with Crippen LogP contribution in [0.3, 0.4) is 0 Å². The van der Waals surface area contributed by atoms with Crippen molar-refractivity contribution in [3.63, 3.8) is 0 Å². The molecule has 0 unspecified atom stereocenters. The van der Waals surface area contributed by atoms with Gasteiger partial charge in [0.25, 0.3) is 0 Å². The van der Waals surface area contributed by atoms with Crippen LogP contribution in [0.25, 0.3) is 11.1 Å². The van der Waals surface area contributed by atoms with Crippen LogP contribution >= 0.6 is 21.6 Å². The average molecular weight is 270 g/mol. The number of aromatic nitrogens is 2. The largest absolute Gasteiger partial charge is 0.508 e. The predicted octanol–water partition coefficient (Wildman–Crippen LogP) is 3.43. The van der Waals surface area contributed by atoms with Crippen molar-refractivity contribution in [2.24, 2.45) is 0 Å². The van der Waals surface area contributed by atoms with E-state index in [1.807, 2.05) is 6.26 Å². The number of nitrogens with zero attached hydrogens (tertiary/aromatic N) is 1. The standard InChI is InChI=1S/C11H11FN2OS2/c1-16-17-6-7-2-10(12)9(3-11(7)15)8-4-13-14-5-8/h2-5,15H,6H2,1H3,(H,13,14). The summed E-state index contributed by atoms with van der Waals surface area (Å²) in [4.78, 5) is 0. The number of hydrogen-bond donors (Lipinski definition) is 2. The molecule has 0 atom stereocenters. The Bertz CT molecular complexity index is 502. The topological polar surface area (TPSA) is 48.9 Å². The third kappa shape index (κ3) is 2.76. The number of hydrogen-bond acceptors (Lipinski definition) is 4. The monoisotopic (exact) mass is 270 g/mol. The number of nitrogens with one attached hydrogen (secondary N) is 1. The van der Waals surface area contributed by atoms with E-state index >= 15 is 0 Å². The zero-order chi connectivity index (χ0) is 12.3. The van der Waals surface area contributed by atoms with Gasteiger partial charge in [-0.25, -0.2) is 4.39 Å². The summed E-state index contributed by atoms with van der Waals surface area (Å²) in [5.74, 6) is 0.348. The summed E-state index contributed by atoms with van der Waals surface area (Å²) in [6, 6.07) is 2.82. The molecule has 2 aromatic rings. The first-order valence-corrected chi connectivity index (χ1v) is 7.61. The van der Waals surface area contributed by atoms with Gasteiger partial charge in [0.05, 0.1) is 6.20 Å². The SMILES string of the molecule is CSSCc1cc(F)c(-c2cn[nH]c2)cc1O. The number of H-pyrrole nitrogens is 1. The zero-order valence-corrected chi connectivity index (χ0v) is 10.7. The summed E-state index contributed by atoms with van der Waals surface area (Å²) in [5, 5.41) is 16.2. The predicted molar refractivity (Wildman–Crippen MR) is 70.5 cm³/mol. The number of rotatable bonds is 4. The van der Waals surface area contributed by atoms with E-state index in [9.17, 15) is 9.50 Å². The Morgan fingerprint density at radius 1 is 1.47 bits per heavy atom. The van der Waals surface area contributed by atoms with Crippen molar-refractivity contribution >= 4 is 21.6 Å². The van der Waals surface area contributed by atoms with E-state index in [4.69, 9.17) is 0 Å². The number of benzene rings is 1. The highest BCUT2D eigenvalue weighted by Gasteiger charge is 2.11. The lowest BCUT2D eigenvalue weighted by Gasteiger charge is -2.07. The minimum absolute atomic E-state index is 0.115. The van der Waals surface area contributed by atoms with Crippen LogP contribution in [0.5, 0.6) is 5.75 Å². The summed E-state index contributed by atoms with van der Waals surface area (Å²) < 4.78 is 13.9. The molecule has 1 aromatic heterocycles. The van der Waals surface area contributed by atoms with Crippen molar-refractivity contribution in [1.82, 2.24) is 10.2 Å². The molecule has 17 heavy (non-hydrogen) atoms. The lowest BCUT2D eigenvalue weighted by molar-refractivity contribution is 0.468. The molecular formula is C11H11FN2OS2. The van der Waals surface area contributed by atoms with Crippen LogP contribution in [0.2, 0.25) is 0 Å². The Morgan fingerprint density at radius 2 is 2.29 bits per heavy atom. The second kappa shape index (κ2) is 5.46. The Labute approximate surface area is 106 Å². The van der Waals surface area contributed by atoms with Gasteiger partial charge in [-0.1, -0.05) is 21.6 Å². The molecule has 1 heterocycles. The fourth-order valence-electron chi connectivity index (χ4n) is 1.46. The van der Waals surface area contributed by atoms with Gasteiger partial charge in [-0.2, -0.15) is 5.10 Å². The van der Waals surface area contributed by atoms with E-state index < -0.39 is 0 Å². The molecule has 0 aliphatic carbocycles. The number of phenols is 1. The summed E-state index contributed by atoms with van der Waals surface area (Å²) >= 11 is 0. The summed E-state index contributed by atoms with van der Waals surface area (Å²) in [6.07, 6.45) is 5.06. The fraction of sp³-hybridized carbons (Fsp3) is 0.182. The number of phenolic OH excluding ortho intramolecular Hbond substituents is 1. The van der Waals surface area contributed by atoms with Gasteiger partial charge in [-0.05, 0) is 18.4 Å². The van der Waals surface area contributed by atoms with Crippen LogP contribution in [0, 0.1) is 5.82 Å². The maximum absolute atomic E-state index is 13.9. The first kappa shape index (κ1) is 12.3. The van der Waals surface area contributed by atoms with Crippen molar-refractivity contribution < 1.29 is 9.50 Å². The lowest BCUT2D eigenvalue weighted by atomic mass is 10.1. The number of halogens is 1. The second-order valence-electron chi connectivity index (χ2n) is 3.38. The van der Waals surface area contributed by atoms with E-state index in [2.05, 4.69) is 10.2 Å². The Morgan fingerprint density at radius 3 is 2.94 bits per heavy atom. The molecular weight excluding hydrogens is 259 g/mol. The molecule has 0 fully saturated rings. The first-order chi connectivity index (χ1) is 8.22. The van der Waals surface area contributed by atoms with Crippen LogP contribution in [0.1, 0.15) is 5.56 Å². The second-order valence-corrected chi connectivity index (χ2v) is 5.94. The maximum atomic E-state index is 13.9. The zero-order valence-electron chi connectivity index (χ0n) is 9.11. The van der Waals surface area contributed by atoms with Gasteiger partial charge in [-0.3, -0.25) is 5.10 Å². The number of aromatic hydroxyl groups is 1. The van der Waals surface area contributed by atoms with E-state index in [-0.39, 0.29) is 11.6 Å². The molecule has 0 spiro atoms. The summed E-state index contributed by atoms with van der Waals surface area (Å²) in [6.45, 7) is 0. The van der Waals surface area contributed by atoms with E-state index in [0.29, 0.717) is 22.4 Å². The van der Waals surface area contributed by atoms with Gasteiger partial charge in [0.2, 0.25) is 0 Å². The van der Waals surface area contributed by atoms with Gasteiger partial charge >= 0.3 is 0 Å². The van der Waals surface area contributed by atoms with Gasteiger partial charge in [0.1, 0.15) is 11.6 Å². The number of aromatic amines is 1. The Kier molecular flexibility index (Phi) is 3.96. The summed E-state index contributed by atoms with van der Waals surface area (Å²) in [5.41, 5.74) is 1.59. The lowest BCUT2D eigenvalue weighted by Crippen LogP contribution is -1.88. The van der Waals surface area contributed by atoms with Crippen LogP contribution in [-0.2, 0) is 5.75 Å². The van der Waals surface area contributed by atoms with Crippen molar-refractivity contribution in [3.05, 3.63) is 35.9 Å². The smallest absolute Gasteiger partial charge is 0.131 e. The summed E-state index contributed by atoms with van der Waals surface area (Å²) in [7, 11) is 3.14. The molecule has 0 saturated heterocycles. The molecule has 0 saturated carbocycles. The van der Waals surface area contributed by atoms with Gasteiger partial charge < -0.3 is 5.11 Å². The third-order valence-electron chi connectivity index (χ3n) is 2.31. The molecule has 0 aliphatic heterocycles. The Balaban J connectivity index is 2.35. The molecule has 0 bridgehead atoms. The quantitative estimate of drug-likeness (QED) is 0.836. The molecule has 1 aromatic carbocycles. The van der Waals surface area contributed by atoms with Gasteiger partial charge in [-0.15, -0.1) is 0 Å². The van der Waals surface area contributed by atoms with Crippen molar-refractivity contribution in [2.45, 2.75) is 5.75 Å². The Hall–Kier alpha value is -1.14. The maximum Gasteiger partial charge on any atom is 0.131 e. The van der Waals surface area contributed by atoms with Crippen molar-refractivity contribution in [3.8, 4) is 16.9 Å². The van der Waals surface area contributed by atoms with Crippen molar-refractivity contribution in [2.75, 3.05) is 6.26 Å². The van der Waals surface area contributed by atoms with E-state index in [0.717, 1.165) is 0 Å². The minimum Gasteiger partial charge on any atom is -0.508 e. The van der Waals surface area contributed by atoms with Gasteiger partial charge in [0, 0.05) is 28.6 Å². The normalized spacial score (nSPS) is 10.7. The molecule has 2 N–H and O–H groups in total. The van der Waals surface area contributed by atoms with Crippen LogP contribution < -0.4 is 0 Å². The molecule has 90 valence electrons. The average Bonchev–Trinajstić information content (AvgIpc) is 2.83. The minimum atomic E-state index is -0.346. The molecule has 3 nitrogen and oxygen atoms in total. The van der Waals surface area contributed by atoms with Crippen LogP contribution in [-0.4, -0.2) is 21.6 Å². The van der Waals surface area contributed by atoms with Gasteiger partial charge in [0.15, 0.2) is 0 Å². The van der Waals surface area contributed by atoms with E-state index in [1.54, 1.807) is 27.8 Å². The molecule has 0 amide bonds. The molecule has 2 rings (SSSR count). The first-order valence-electron chi connectivity index (χ1n) is 4.88. The molecule has 6 heteroatoms. The van der Waals surface area contributed by atoms with Crippen LogP contribution in [0.15, 0.2) is 24.5 Å². The highest BCUT2D eigenvalue weighted by atomic mass is 33.1. The molecule has 0 radical (unpaired) electrons. The van der Waals surface area contributed by atoms with Crippen LogP contribution in [0.4, 0.5) is 4.39 Å². The van der Waals surface area contributed by atoms with Crippen molar-refractivity contribution in [1.29, 1.82) is 0 Å². The van der Waals surface area contributed by atoms with E-state index in [1.165, 1.54) is 18.3 Å². The molecule has 0 aliphatic rings. The highest BCUT2D eigenvalue weighted by molar-refractivity contribution is 8.76.